The summed E-state index contributed by atoms with van der Waals surface area (Å²) >= 11 is 6.04. The van der Waals surface area contributed by atoms with Crippen LogP contribution in [0.15, 0.2) is 77.6 Å². The molecule has 5 rings (SSSR count). The van der Waals surface area contributed by atoms with Gasteiger partial charge in [-0.05, 0) is 67.6 Å². The summed E-state index contributed by atoms with van der Waals surface area (Å²) in [4.78, 5) is 23.2. The Morgan fingerprint density at radius 2 is 1.56 bits per heavy atom. The minimum atomic E-state index is -0.0513. The van der Waals surface area contributed by atoms with E-state index >= 15 is 0 Å². The molecule has 0 N–H and O–H groups in total. The van der Waals surface area contributed by atoms with Gasteiger partial charge in [0.2, 0.25) is 0 Å². The van der Waals surface area contributed by atoms with Crippen LogP contribution in [0.1, 0.15) is 12.7 Å². The van der Waals surface area contributed by atoms with Gasteiger partial charge in [0.25, 0.3) is 5.56 Å². The Balaban J connectivity index is 1.43. The Kier molecular flexibility index (Phi) is 6.52. The van der Waals surface area contributed by atoms with Crippen LogP contribution in [-0.4, -0.2) is 47.2 Å². The van der Waals surface area contributed by atoms with E-state index < -0.39 is 0 Å². The number of anilines is 1. The molecule has 6 nitrogen and oxygen atoms in total. The molecule has 1 saturated heterocycles. The Labute approximate surface area is 204 Å². The zero-order chi connectivity index (χ0) is 23.5. The predicted octanol–water partition coefficient (Wildman–Crippen LogP) is 4.76. The van der Waals surface area contributed by atoms with E-state index in [0.717, 1.165) is 54.0 Å². The molecule has 0 spiro atoms. The van der Waals surface area contributed by atoms with E-state index in [0.29, 0.717) is 18.5 Å². The highest BCUT2D eigenvalue weighted by Crippen LogP contribution is 2.21. The lowest BCUT2D eigenvalue weighted by molar-refractivity contribution is 0.242. The first kappa shape index (κ1) is 22.4. The molecule has 3 aromatic carbocycles. The standard InChI is InChI=1S/C27H27ClN4O2/c1-2-34-23-13-11-22(12-14-23)32-26(29-25-6-4-3-5-24(25)27(32)33)19-30-15-17-31(18-16-30)21-9-7-20(28)8-10-21/h3-14H,2,15-19H2,1H3. The van der Waals surface area contributed by atoms with Crippen LogP contribution in [0.4, 0.5) is 5.69 Å². The van der Waals surface area contributed by atoms with Crippen molar-refractivity contribution < 1.29 is 4.74 Å². The highest BCUT2D eigenvalue weighted by molar-refractivity contribution is 6.30. The summed E-state index contributed by atoms with van der Waals surface area (Å²) in [6.45, 7) is 6.73. The lowest BCUT2D eigenvalue weighted by atomic mass is 10.2. The number of fused-ring (bicyclic) bond motifs is 1. The van der Waals surface area contributed by atoms with Gasteiger partial charge in [0.1, 0.15) is 11.6 Å². The Morgan fingerprint density at radius 1 is 0.882 bits per heavy atom. The largest absolute Gasteiger partial charge is 0.494 e. The molecule has 4 aromatic rings. The third-order valence-electron chi connectivity index (χ3n) is 6.18. The van der Waals surface area contributed by atoms with Crippen LogP contribution in [-0.2, 0) is 6.54 Å². The van der Waals surface area contributed by atoms with Gasteiger partial charge in [-0.3, -0.25) is 14.3 Å². The van der Waals surface area contributed by atoms with Crippen LogP contribution in [0.2, 0.25) is 5.02 Å². The topological polar surface area (TPSA) is 50.6 Å². The van der Waals surface area contributed by atoms with Crippen LogP contribution in [0, 0.1) is 0 Å². The van der Waals surface area contributed by atoms with Crippen LogP contribution < -0.4 is 15.2 Å². The van der Waals surface area contributed by atoms with Gasteiger partial charge in [0.05, 0.1) is 29.7 Å². The summed E-state index contributed by atoms with van der Waals surface area (Å²) in [5.74, 6) is 1.53. The number of halogens is 1. The maximum absolute atomic E-state index is 13.5. The minimum absolute atomic E-state index is 0.0513. The second-order valence-electron chi connectivity index (χ2n) is 8.35. The van der Waals surface area contributed by atoms with Gasteiger partial charge < -0.3 is 9.64 Å². The van der Waals surface area contributed by atoms with E-state index in [2.05, 4.69) is 21.9 Å². The number of hydrogen-bond donors (Lipinski definition) is 0. The van der Waals surface area contributed by atoms with Gasteiger partial charge in [-0.1, -0.05) is 23.7 Å². The van der Waals surface area contributed by atoms with Crippen LogP contribution in [0.5, 0.6) is 5.75 Å². The predicted molar refractivity (Wildman–Crippen MR) is 137 cm³/mol. The summed E-state index contributed by atoms with van der Waals surface area (Å²) in [5.41, 5.74) is 2.65. The molecule has 174 valence electrons. The molecule has 0 unspecified atom stereocenters. The molecule has 1 aliphatic heterocycles. The molecule has 0 aliphatic carbocycles. The molecule has 1 aromatic heterocycles. The number of nitrogens with zero attached hydrogens (tertiary/aromatic N) is 4. The number of para-hydroxylation sites is 1. The maximum Gasteiger partial charge on any atom is 0.266 e. The van der Waals surface area contributed by atoms with Crippen molar-refractivity contribution in [2.75, 3.05) is 37.7 Å². The van der Waals surface area contributed by atoms with E-state index in [1.807, 2.05) is 67.6 Å². The SMILES string of the molecule is CCOc1ccc(-n2c(CN3CCN(c4ccc(Cl)cc4)CC3)nc3ccccc3c2=O)cc1. The first-order chi connectivity index (χ1) is 16.6. The van der Waals surface area contributed by atoms with Crippen LogP contribution >= 0.6 is 11.6 Å². The Hall–Kier alpha value is -3.35. The number of hydrogen-bond acceptors (Lipinski definition) is 5. The van der Waals surface area contributed by atoms with Crippen molar-refractivity contribution in [3.05, 3.63) is 94.0 Å². The average Bonchev–Trinajstić information content (AvgIpc) is 2.86. The zero-order valence-corrected chi connectivity index (χ0v) is 19.9. The van der Waals surface area contributed by atoms with Gasteiger partial charge in [-0.2, -0.15) is 0 Å². The van der Waals surface area contributed by atoms with E-state index in [1.165, 1.54) is 5.69 Å². The van der Waals surface area contributed by atoms with Gasteiger partial charge in [-0.15, -0.1) is 0 Å². The number of aromatic nitrogens is 2. The number of piperazine rings is 1. The van der Waals surface area contributed by atoms with Crippen molar-refractivity contribution >= 4 is 28.2 Å². The lowest BCUT2D eigenvalue weighted by Crippen LogP contribution is -2.46. The molecule has 0 amide bonds. The third kappa shape index (κ3) is 4.65. The highest BCUT2D eigenvalue weighted by atomic mass is 35.5. The Morgan fingerprint density at radius 3 is 2.26 bits per heavy atom. The summed E-state index contributed by atoms with van der Waals surface area (Å²) < 4.78 is 7.32. The molecular weight excluding hydrogens is 448 g/mol. The van der Waals surface area contributed by atoms with Crippen molar-refractivity contribution in [1.82, 2.24) is 14.5 Å². The minimum Gasteiger partial charge on any atom is -0.494 e. The molecule has 0 bridgehead atoms. The summed E-state index contributed by atoms with van der Waals surface area (Å²) in [5, 5.41) is 1.37. The molecule has 1 aliphatic rings. The van der Waals surface area contributed by atoms with Gasteiger partial charge in [0, 0.05) is 36.9 Å². The van der Waals surface area contributed by atoms with E-state index in [1.54, 1.807) is 4.57 Å². The maximum atomic E-state index is 13.5. The van der Waals surface area contributed by atoms with Crippen molar-refractivity contribution in [3.63, 3.8) is 0 Å². The first-order valence-corrected chi connectivity index (χ1v) is 12.0. The fourth-order valence-electron chi connectivity index (χ4n) is 4.43. The fraction of sp³-hybridized carbons (Fsp3) is 0.259. The van der Waals surface area contributed by atoms with Crippen molar-refractivity contribution in [2.24, 2.45) is 0 Å². The number of rotatable bonds is 6. The van der Waals surface area contributed by atoms with Gasteiger partial charge in [-0.25, -0.2) is 4.98 Å². The number of ether oxygens (including phenoxy) is 1. The molecule has 0 atom stereocenters. The van der Waals surface area contributed by atoms with Crippen LogP contribution in [0.25, 0.3) is 16.6 Å². The lowest BCUT2D eigenvalue weighted by Gasteiger charge is -2.36. The summed E-state index contributed by atoms with van der Waals surface area (Å²) in [7, 11) is 0. The quantitative estimate of drug-likeness (QED) is 0.403. The third-order valence-corrected chi connectivity index (χ3v) is 6.43. The Bertz CT molecular complexity index is 1330. The normalized spacial score (nSPS) is 14.5. The van der Waals surface area contributed by atoms with E-state index in [4.69, 9.17) is 21.3 Å². The second kappa shape index (κ2) is 9.87. The zero-order valence-electron chi connectivity index (χ0n) is 19.2. The van der Waals surface area contributed by atoms with Gasteiger partial charge in [0.15, 0.2) is 0 Å². The van der Waals surface area contributed by atoms with Crippen LogP contribution in [0.3, 0.4) is 0 Å². The summed E-state index contributed by atoms with van der Waals surface area (Å²) in [6.07, 6.45) is 0. The first-order valence-electron chi connectivity index (χ1n) is 11.6. The molecule has 1 fully saturated rings. The molecule has 0 saturated carbocycles. The van der Waals surface area contributed by atoms with Crippen molar-refractivity contribution in [2.45, 2.75) is 13.5 Å². The monoisotopic (exact) mass is 474 g/mol. The summed E-state index contributed by atoms with van der Waals surface area (Å²) in [6, 6.07) is 23.2. The smallest absolute Gasteiger partial charge is 0.266 e. The second-order valence-corrected chi connectivity index (χ2v) is 8.79. The highest BCUT2D eigenvalue weighted by Gasteiger charge is 2.21. The molecular formula is C27H27ClN4O2. The van der Waals surface area contributed by atoms with Crippen molar-refractivity contribution in [3.8, 4) is 11.4 Å². The molecule has 7 heteroatoms. The molecule has 2 heterocycles. The van der Waals surface area contributed by atoms with Crippen molar-refractivity contribution in [1.29, 1.82) is 0 Å². The molecule has 0 radical (unpaired) electrons. The van der Waals surface area contributed by atoms with E-state index in [9.17, 15) is 4.79 Å². The number of benzene rings is 3. The average molecular weight is 475 g/mol. The fourth-order valence-corrected chi connectivity index (χ4v) is 4.55. The van der Waals surface area contributed by atoms with E-state index in [-0.39, 0.29) is 5.56 Å². The molecule has 34 heavy (non-hydrogen) atoms. The van der Waals surface area contributed by atoms with Gasteiger partial charge >= 0.3 is 0 Å².